The van der Waals surface area contributed by atoms with E-state index in [9.17, 15) is 14.4 Å². The van der Waals surface area contributed by atoms with Gasteiger partial charge >= 0.3 is 6.03 Å². The number of hydrogen-bond donors (Lipinski definition) is 2. The van der Waals surface area contributed by atoms with Gasteiger partial charge in [0.2, 0.25) is 6.41 Å². The molecule has 1 heterocycles. The number of carbonyl (C=O) groups is 3. The van der Waals surface area contributed by atoms with Gasteiger partial charge in [0.15, 0.2) is 5.54 Å². The predicted molar refractivity (Wildman–Crippen MR) is 105 cm³/mol. The quantitative estimate of drug-likeness (QED) is 0.497. The van der Waals surface area contributed by atoms with Gasteiger partial charge in [-0.25, -0.2) is 4.79 Å². The molecular weight excluding hydrogens is 374 g/mol. The Hall–Kier alpha value is -3.55. The van der Waals surface area contributed by atoms with Crippen molar-refractivity contribution in [2.24, 2.45) is 0 Å². The molecule has 0 spiro atoms. The molecule has 8 heteroatoms. The molecule has 0 bridgehead atoms. The molecule has 0 radical (unpaired) electrons. The van der Waals surface area contributed by atoms with Crippen molar-refractivity contribution in [3.8, 4) is 11.5 Å². The van der Waals surface area contributed by atoms with E-state index < -0.39 is 17.5 Å². The van der Waals surface area contributed by atoms with Crippen LogP contribution < -0.4 is 20.1 Å². The molecule has 2 aromatic carbocycles. The fourth-order valence-electron chi connectivity index (χ4n) is 3.30. The summed E-state index contributed by atoms with van der Waals surface area (Å²) < 4.78 is 10.6. The number of imide groups is 1. The first-order valence-corrected chi connectivity index (χ1v) is 9.20. The van der Waals surface area contributed by atoms with Gasteiger partial charge in [0.05, 0.1) is 20.3 Å². The summed E-state index contributed by atoms with van der Waals surface area (Å²) in [7, 11) is 1.58. The number of ether oxygens (including phenoxy) is 2. The van der Waals surface area contributed by atoms with Crippen LogP contribution in [0.3, 0.4) is 0 Å². The van der Waals surface area contributed by atoms with E-state index in [4.69, 9.17) is 9.47 Å². The third kappa shape index (κ3) is 4.31. The van der Waals surface area contributed by atoms with Crippen LogP contribution in [0.2, 0.25) is 0 Å². The second-order valence-electron chi connectivity index (χ2n) is 6.63. The summed E-state index contributed by atoms with van der Waals surface area (Å²) in [4.78, 5) is 37.8. The summed E-state index contributed by atoms with van der Waals surface area (Å²) in [6.45, 7) is 2.65. The highest BCUT2D eigenvalue weighted by atomic mass is 16.5. The van der Waals surface area contributed by atoms with Crippen molar-refractivity contribution in [1.29, 1.82) is 0 Å². The number of carbonyl (C=O) groups excluding carboxylic acids is 3. The van der Waals surface area contributed by atoms with Gasteiger partial charge in [0.1, 0.15) is 11.5 Å². The van der Waals surface area contributed by atoms with Crippen molar-refractivity contribution >= 4 is 18.3 Å². The lowest BCUT2D eigenvalue weighted by Gasteiger charge is -2.31. The van der Waals surface area contributed by atoms with Gasteiger partial charge in [-0.1, -0.05) is 24.3 Å². The Morgan fingerprint density at radius 3 is 2.21 bits per heavy atom. The van der Waals surface area contributed by atoms with Gasteiger partial charge in [0, 0.05) is 6.54 Å². The number of benzene rings is 2. The highest BCUT2D eigenvalue weighted by Gasteiger charge is 2.48. The van der Waals surface area contributed by atoms with Crippen LogP contribution in [0.25, 0.3) is 0 Å². The maximum absolute atomic E-state index is 12.7. The molecular formula is C21H23N3O5. The summed E-state index contributed by atoms with van der Waals surface area (Å²) in [5.41, 5.74) is 0.0465. The van der Waals surface area contributed by atoms with Crippen molar-refractivity contribution in [2.45, 2.75) is 19.0 Å². The summed E-state index contributed by atoms with van der Waals surface area (Å²) in [6.07, 6.45) is 0.665. The summed E-state index contributed by atoms with van der Waals surface area (Å²) in [5.74, 6) is 0.856. The summed E-state index contributed by atoms with van der Waals surface area (Å²) in [6, 6.07) is 13.6. The van der Waals surface area contributed by atoms with E-state index in [1.807, 2.05) is 19.1 Å². The smallest absolute Gasteiger partial charge is 0.322 e. The maximum atomic E-state index is 12.7. The van der Waals surface area contributed by atoms with Crippen LogP contribution in [0.4, 0.5) is 4.79 Å². The third-order valence-electron chi connectivity index (χ3n) is 4.73. The Morgan fingerprint density at radius 1 is 1.03 bits per heavy atom. The van der Waals surface area contributed by atoms with Crippen LogP contribution in [-0.4, -0.2) is 43.5 Å². The van der Waals surface area contributed by atoms with Crippen molar-refractivity contribution in [3.05, 3.63) is 59.7 Å². The van der Waals surface area contributed by atoms with Crippen molar-refractivity contribution < 1.29 is 23.9 Å². The van der Waals surface area contributed by atoms with E-state index in [1.165, 1.54) is 4.90 Å². The van der Waals surface area contributed by atoms with Gasteiger partial charge in [0.25, 0.3) is 5.91 Å². The molecule has 0 saturated carbocycles. The molecule has 1 aliphatic heterocycles. The lowest BCUT2D eigenvalue weighted by atomic mass is 9.89. The second-order valence-corrected chi connectivity index (χ2v) is 6.63. The molecule has 1 atom stereocenters. The number of nitrogens with zero attached hydrogens (tertiary/aromatic N) is 1. The highest BCUT2D eigenvalue weighted by Crippen LogP contribution is 2.28. The van der Waals surface area contributed by atoms with Crippen LogP contribution >= 0.6 is 0 Å². The highest BCUT2D eigenvalue weighted by molar-refractivity contribution is 6.07. The zero-order valence-electron chi connectivity index (χ0n) is 16.3. The molecule has 8 nitrogen and oxygen atoms in total. The molecule has 0 unspecified atom stereocenters. The largest absolute Gasteiger partial charge is 0.497 e. The Balaban J connectivity index is 1.86. The second kappa shape index (κ2) is 8.64. The van der Waals surface area contributed by atoms with E-state index in [0.29, 0.717) is 30.1 Å². The number of hydrogen-bond acceptors (Lipinski definition) is 5. The molecule has 29 heavy (non-hydrogen) atoms. The average Bonchev–Trinajstić information content (AvgIpc) is 3.02. The maximum Gasteiger partial charge on any atom is 0.322 e. The molecule has 2 aromatic rings. The minimum absolute atomic E-state index is 0.0198. The fourth-order valence-corrected chi connectivity index (χ4v) is 3.30. The molecule has 1 fully saturated rings. The molecule has 152 valence electrons. The number of amides is 4. The monoisotopic (exact) mass is 397 g/mol. The Bertz CT molecular complexity index is 882. The van der Waals surface area contributed by atoms with E-state index in [2.05, 4.69) is 10.6 Å². The number of methoxy groups -OCH3 is 1. The lowest BCUT2D eigenvalue weighted by Crippen LogP contribution is -2.52. The fraction of sp³-hybridized carbons (Fsp3) is 0.286. The van der Waals surface area contributed by atoms with Gasteiger partial charge in [-0.15, -0.1) is 0 Å². The normalized spacial score (nSPS) is 18.0. The molecule has 0 aromatic heterocycles. The summed E-state index contributed by atoms with van der Waals surface area (Å²) in [5, 5.41) is 4.97. The minimum Gasteiger partial charge on any atom is -0.497 e. The first-order valence-electron chi connectivity index (χ1n) is 9.20. The molecule has 1 saturated heterocycles. The minimum atomic E-state index is -1.38. The average molecular weight is 397 g/mol. The first kappa shape index (κ1) is 20.2. The Labute approximate surface area is 168 Å². The van der Waals surface area contributed by atoms with Crippen molar-refractivity contribution in [1.82, 2.24) is 15.5 Å². The molecule has 1 aliphatic rings. The van der Waals surface area contributed by atoms with Gasteiger partial charge < -0.3 is 19.7 Å². The van der Waals surface area contributed by atoms with E-state index in [1.54, 1.807) is 43.5 Å². The van der Waals surface area contributed by atoms with Gasteiger partial charge in [-0.05, 0) is 42.3 Å². The predicted octanol–water partition coefficient (Wildman–Crippen LogP) is 1.79. The van der Waals surface area contributed by atoms with E-state index in [0.717, 1.165) is 5.56 Å². The molecule has 4 amide bonds. The number of nitrogens with one attached hydrogen (secondary N) is 2. The van der Waals surface area contributed by atoms with Crippen LogP contribution in [0.15, 0.2) is 48.5 Å². The molecule has 2 N–H and O–H groups in total. The van der Waals surface area contributed by atoms with Crippen LogP contribution in [0.1, 0.15) is 18.1 Å². The summed E-state index contributed by atoms with van der Waals surface area (Å²) >= 11 is 0. The Morgan fingerprint density at radius 2 is 1.69 bits per heavy atom. The topological polar surface area (TPSA) is 97.0 Å². The van der Waals surface area contributed by atoms with Crippen LogP contribution in [0.5, 0.6) is 11.5 Å². The van der Waals surface area contributed by atoms with Crippen LogP contribution in [-0.2, 0) is 21.7 Å². The Kier molecular flexibility index (Phi) is 6.01. The van der Waals surface area contributed by atoms with Gasteiger partial charge in [-0.3, -0.25) is 14.9 Å². The third-order valence-corrected chi connectivity index (χ3v) is 4.73. The first-order chi connectivity index (χ1) is 14.0. The van der Waals surface area contributed by atoms with Crippen LogP contribution in [0, 0.1) is 0 Å². The molecule has 0 aliphatic carbocycles. The van der Waals surface area contributed by atoms with Crippen molar-refractivity contribution in [3.63, 3.8) is 0 Å². The van der Waals surface area contributed by atoms with Crippen molar-refractivity contribution in [2.75, 3.05) is 20.3 Å². The zero-order chi connectivity index (χ0) is 20.9. The van der Waals surface area contributed by atoms with E-state index in [-0.39, 0.29) is 13.1 Å². The van der Waals surface area contributed by atoms with Gasteiger partial charge in [-0.2, -0.15) is 0 Å². The SMILES string of the molecule is CCOc1ccc([C@]2(CN(C=O)Cc3ccc(OC)cc3)NC(=O)NC2=O)cc1. The molecule has 3 rings (SSSR count). The standard InChI is InChI=1S/C21H23N3O5/c1-3-29-18-10-6-16(7-11-18)21(19(26)22-20(27)23-21)13-24(14-25)12-15-4-8-17(28-2)9-5-15/h4-11,14H,3,12-13H2,1-2H3,(H2,22,23,26,27)/t21-/m0/s1. The lowest BCUT2D eigenvalue weighted by molar-refractivity contribution is -0.127. The number of urea groups is 1. The number of rotatable bonds is 9. The van der Waals surface area contributed by atoms with E-state index >= 15 is 0 Å². The zero-order valence-corrected chi connectivity index (χ0v) is 16.3.